The highest BCUT2D eigenvalue weighted by Crippen LogP contribution is 2.38. The second-order valence-corrected chi connectivity index (χ2v) is 8.34. The molecule has 0 spiro atoms. The molecule has 4 aromatic carbocycles. The lowest BCUT2D eigenvalue weighted by Gasteiger charge is -2.18. The first-order valence-corrected chi connectivity index (χ1v) is 10.7. The van der Waals surface area contributed by atoms with Crippen LogP contribution in [0, 0.1) is 12.8 Å². The van der Waals surface area contributed by atoms with Gasteiger partial charge in [0.05, 0.1) is 11.6 Å². The van der Waals surface area contributed by atoms with E-state index < -0.39 is 11.9 Å². The number of carboxylic acids is 1. The zero-order chi connectivity index (χ0) is 22.7. The maximum atomic E-state index is 11.4. The molecule has 0 fully saturated rings. The number of nitrogen functional groups attached to an aromatic ring is 1. The third-order valence-electron chi connectivity index (χ3n) is 5.71. The van der Waals surface area contributed by atoms with E-state index >= 15 is 0 Å². The molecule has 4 aromatic rings. The number of carboxylic acid groups (broad SMARTS) is 1. The molecule has 0 saturated carbocycles. The van der Waals surface area contributed by atoms with Gasteiger partial charge in [-0.15, -0.1) is 0 Å². The van der Waals surface area contributed by atoms with Gasteiger partial charge in [0.2, 0.25) is 0 Å². The summed E-state index contributed by atoms with van der Waals surface area (Å²) in [4.78, 5) is 11.4. The van der Waals surface area contributed by atoms with Crippen LogP contribution in [0.2, 0.25) is 0 Å². The molecule has 4 nitrogen and oxygen atoms in total. The Bertz CT molecular complexity index is 1260. The van der Waals surface area contributed by atoms with Crippen LogP contribution in [0.25, 0.3) is 21.9 Å². The minimum atomic E-state index is -0.824. The molecule has 162 valence electrons. The molecular formula is C28H27NO3. The van der Waals surface area contributed by atoms with E-state index in [4.69, 9.17) is 10.5 Å². The Balaban J connectivity index is 1.75. The molecule has 0 heterocycles. The second-order valence-electron chi connectivity index (χ2n) is 8.34. The summed E-state index contributed by atoms with van der Waals surface area (Å²) in [5.74, 6) is -0.707. The van der Waals surface area contributed by atoms with Crippen LogP contribution >= 0.6 is 0 Å². The Morgan fingerprint density at radius 2 is 1.66 bits per heavy atom. The number of hydrogen-bond acceptors (Lipinski definition) is 3. The quantitative estimate of drug-likeness (QED) is 0.344. The zero-order valence-electron chi connectivity index (χ0n) is 18.3. The molecule has 0 aliphatic rings. The van der Waals surface area contributed by atoms with Crippen LogP contribution in [0.4, 0.5) is 5.69 Å². The Morgan fingerprint density at radius 3 is 2.38 bits per heavy atom. The summed E-state index contributed by atoms with van der Waals surface area (Å²) in [6.45, 7) is 4.16. The molecule has 1 unspecified atom stereocenters. The summed E-state index contributed by atoms with van der Waals surface area (Å²) in [7, 11) is 0. The van der Waals surface area contributed by atoms with Crippen LogP contribution in [0.5, 0.6) is 5.75 Å². The van der Waals surface area contributed by atoms with Crippen molar-refractivity contribution < 1.29 is 14.6 Å². The summed E-state index contributed by atoms with van der Waals surface area (Å²) in [6.07, 6.45) is 0.401. The van der Waals surface area contributed by atoms with E-state index in [1.54, 1.807) is 6.92 Å². The number of rotatable bonds is 7. The Hall–Kier alpha value is -3.79. The molecule has 4 heteroatoms. The minimum absolute atomic E-state index is 0.399. The predicted octanol–water partition coefficient (Wildman–Crippen LogP) is 6.24. The standard InChI is InChI=1S/C28H27NO3/c1-18-7-9-20(10-8-18)17-32-27-25(14-21(15-26(27)29)13-19(2)28(30)31)24-12-11-22-5-3-4-6-23(22)16-24/h3-12,14-16,19H,13,17,29H2,1-2H3,(H,30,31). The molecule has 0 aliphatic heterocycles. The van der Waals surface area contributed by atoms with Crippen molar-refractivity contribution in [1.29, 1.82) is 0 Å². The average Bonchev–Trinajstić information content (AvgIpc) is 2.78. The van der Waals surface area contributed by atoms with E-state index in [1.165, 1.54) is 5.56 Å². The first-order valence-electron chi connectivity index (χ1n) is 10.7. The van der Waals surface area contributed by atoms with Crippen LogP contribution in [-0.2, 0) is 17.8 Å². The van der Waals surface area contributed by atoms with Crippen molar-refractivity contribution >= 4 is 22.4 Å². The second kappa shape index (κ2) is 9.15. The van der Waals surface area contributed by atoms with Gasteiger partial charge >= 0.3 is 5.97 Å². The van der Waals surface area contributed by atoms with E-state index in [1.807, 2.05) is 36.4 Å². The number of hydrogen-bond donors (Lipinski definition) is 2. The van der Waals surface area contributed by atoms with Gasteiger partial charge in [-0.3, -0.25) is 4.79 Å². The van der Waals surface area contributed by atoms with Crippen LogP contribution in [0.15, 0.2) is 78.9 Å². The Morgan fingerprint density at radius 1 is 0.938 bits per heavy atom. The van der Waals surface area contributed by atoms with Crippen molar-refractivity contribution in [1.82, 2.24) is 0 Å². The lowest BCUT2D eigenvalue weighted by atomic mass is 9.94. The number of ether oxygens (including phenoxy) is 1. The number of anilines is 1. The molecule has 0 bridgehead atoms. The molecule has 0 amide bonds. The zero-order valence-corrected chi connectivity index (χ0v) is 18.3. The number of aliphatic carboxylic acids is 1. The van der Waals surface area contributed by atoms with E-state index in [-0.39, 0.29) is 0 Å². The van der Waals surface area contributed by atoms with E-state index in [2.05, 4.69) is 49.4 Å². The lowest BCUT2D eigenvalue weighted by molar-refractivity contribution is -0.141. The summed E-state index contributed by atoms with van der Waals surface area (Å²) < 4.78 is 6.23. The van der Waals surface area contributed by atoms with Crippen LogP contribution in [0.3, 0.4) is 0 Å². The molecule has 0 aliphatic carbocycles. The van der Waals surface area contributed by atoms with Crippen LogP contribution < -0.4 is 10.5 Å². The molecule has 4 rings (SSSR count). The van der Waals surface area contributed by atoms with Crippen molar-refractivity contribution in [3.63, 3.8) is 0 Å². The molecule has 3 N–H and O–H groups in total. The van der Waals surface area contributed by atoms with Crippen LogP contribution in [0.1, 0.15) is 23.6 Å². The number of fused-ring (bicyclic) bond motifs is 1. The molecular weight excluding hydrogens is 398 g/mol. The van der Waals surface area contributed by atoms with Gasteiger partial charge in [-0.1, -0.05) is 73.2 Å². The van der Waals surface area contributed by atoms with Gasteiger partial charge in [-0.05, 0) is 59.0 Å². The van der Waals surface area contributed by atoms with E-state index in [0.717, 1.165) is 33.0 Å². The fourth-order valence-corrected chi connectivity index (χ4v) is 3.84. The van der Waals surface area contributed by atoms with E-state index in [0.29, 0.717) is 24.5 Å². The van der Waals surface area contributed by atoms with Crippen LogP contribution in [-0.4, -0.2) is 11.1 Å². The van der Waals surface area contributed by atoms with Gasteiger partial charge < -0.3 is 15.6 Å². The lowest BCUT2D eigenvalue weighted by Crippen LogP contribution is -2.12. The first kappa shape index (κ1) is 21.4. The highest BCUT2D eigenvalue weighted by Gasteiger charge is 2.17. The number of aryl methyl sites for hydroxylation is 1. The van der Waals surface area contributed by atoms with Crippen molar-refractivity contribution in [3.8, 4) is 16.9 Å². The topological polar surface area (TPSA) is 72.5 Å². The first-order chi connectivity index (χ1) is 15.4. The predicted molar refractivity (Wildman–Crippen MR) is 130 cm³/mol. The van der Waals surface area contributed by atoms with Gasteiger partial charge in [0.15, 0.2) is 5.75 Å². The van der Waals surface area contributed by atoms with Gasteiger partial charge in [-0.25, -0.2) is 0 Å². The highest BCUT2D eigenvalue weighted by molar-refractivity contribution is 5.89. The molecule has 0 aromatic heterocycles. The summed E-state index contributed by atoms with van der Waals surface area (Å²) in [5, 5.41) is 11.6. The fraction of sp³-hybridized carbons (Fsp3) is 0.179. The summed E-state index contributed by atoms with van der Waals surface area (Å²) in [6, 6.07) is 26.5. The summed E-state index contributed by atoms with van der Waals surface area (Å²) in [5.41, 5.74) is 11.9. The fourth-order valence-electron chi connectivity index (χ4n) is 3.84. The SMILES string of the molecule is Cc1ccc(COc2c(N)cc(CC(C)C(=O)O)cc2-c2ccc3ccccc3c2)cc1. The average molecular weight is 426 g/mol. The van der Waals surface area contributed by atoms with Gasteiger partial charge in [0.1, 0.15) is 6.61 Å². The molecule has 0 radical (unpaired) electrons. The van der Waals surface area contributed by atoms with E-state index in [9.17, 15) is 9.90 Å². The maximum absolute atomic E-state index is 11.4. The van der Waals surface area contributed by atoms with Crippen molar-refractivity contribution in [2.45, 2.75) is 26.9 Å². The van der Waals surface area contributed by atoms with Crippen molar-refractivity contribution in [3.05, 3.63) is 95.6 Å². The van der Waals surface area contributed by atoms with Crippen molar-refractivity contribution in [2.75, 3.05) is 5.73 Å². The number of benzene rings is 4. The molecule has 0 saturated heterocycles. The van der Waals surface area contributed by atoms with Crippen molar-refractivity contribution in [2.24, 2.45) is 5.92 Å². The largest absolute Gasteiger partial charge is 0.486 e. The minimum Gasteiger partial charge on any atom is -0.486 e. The third-order valence-corrected chi connectivity index (χ3v) is 5.71. The number of carbonyl (C=O) groups is 1. The van der Waals surface area contributed by atoms with Gasteiger partial charge in [0.25, 0.3) is 0 Å². The summed E-state index contributed by atoms with van der Waals surface area (Å²) >= 11 is 0. The highest BCUT2D eigenvalue weighted by atomic mass is 16.5. The molecule has 32 heavy (non-hydrogen) atoms. The maximum Gasteiger partial charge on any atom is 0.306 e. The Kier molecular flexibility index (Phi) is 6.13. The van der Waals surface area contributed by atoms with Gasteiger partial charge in [0, 0.05) is 5.56 Å². The Labute approximate surface area is 188 Å². The normalized spacial score (nSPS) is 11.9. The molecule has 1 atom stereocenters. The number of nitrogens with two attached hydrogens (primary N) is 1. The third kappa shape index (κ3) is 4.75. The smallest absolute Gasteiger partial charge is 0.306 e. The van der Waals surface area contributed by atoms with Gasteiger partial charge in [-0.2, -0.15) is 0 Å². The monoisotopic (exact) mass is 425 g/mol.